The molecule has 0 aliphatic heterocycles. The van der Waals surface area contributed by atoms with Crippen LogP contribution in [0.4, 0.5) is 0 Å². The van der Waals surface area contributed by atoms with Crippen LogP contribution in [0.5, 0.6) is 0 Å². The summed E-state index contributed by atoms with van der Waals surface area (Å²) in [6.45, 7) is 9.75. The molecule has 0 aliphatic carbocycles. The zero-order valence-corrected chi connectivity index (χ0v) is 69.4. The van der Waals surface area contributed by atoms with Crippen molar-refractivity contribution in [3.05, 3.63) is 0 Å². The van der Waals surface area contributed by atoms with Crippen LogP contribution in [0.1, 0.15) is 446 Å². The van der Waals surface area contributed by atoms with Crippen molar-refractivity contribution in [1.82, 2.24) is 0 Å². The topological polar surface area (TPSA) is 237 Å². The number of unbranched alkanes of at least 4 members (excludes halogenated alkanes) is 52. The molecular weight excluding hydrogens is 1340 g/mol. The minimum absolute atomic E-state index is 0.108. The number of rotatable bonds is 83. The molecule has 0 bridgehead atoms. The maximum atomic E-state index is 13.1. The molecule has 0 aromatic heterocycles. The van der Waals surface area contributed by atoms with E-state index in [0.717, 1.165) is 102 Å². The fourth-order valence-electron chi connectivity index (χ4n) is 13.0. The van der Waals surface area contributed by atoms with E-state index >= 15 is 0 Å². The number of carbonyl (C=O) groups is 4. The summed E-state index contributed by atoms with van der Waals surface area (Å²) in [6.07, 6.45) is 66.3. The molecule has 17 nitrogen and oxygen atoms in total. The van der Waals surface area contributed by atoms with Crippen LogP contribution in [0.3, 0.4) is 0 Å². The summed E-state index contributed by atoms with van der Waals surface area (Å²) in [6, 6.07) is 0. The van der Waals surface area contributed by atoms with E-state index in [9.17, 15) is 43.2 Å². The third-order valence-electron chi connectivity index (χ3n) is 20.1. The average molecular weight is 1510 g/mol. The Morgan fingerprint density at radius 1 is 0.282 bits per heavy atom. The van der Waals surface area contributed by atoms with E-state index < -0.39 is 97.5 Å². The standard InChI is InChI=1S/C84H164O17P2/c1-7-10-12-14-16-18-20-22-31-38-44-50-56-62-68-83(88)100-79(72-94-81(86)66-60-54-48-42-36-28-21-19-17-15-13-11-8-2)74-98-102(90,91)96-70-78(85)71-97-103(92,93)99-75-80(101-84(89)69-63-57-51-45-39-33-25-23-24-29-34-40-46-52-58-64-76(4)5)73-95-82(87)67-61-55-49-43-37-32-27-26-30-35-41-47-53-59-65-77(6)9-3/h76-80,85H,7-75H2,1-6H3,(H,90,91)(H,92,93)/t77?,78-,79+,80+/m0/s1. The highest BCUT2D eigenvalue weighted by Crippen LogP contribution is 2.45. The highest BCUT2D eigenvalue weighted by molar-refractivity contribution is 7.47. The maximum absolute atomic E-state index is 13.1. The number of esters is 4. The van der Waals surface area contributed by atoms with Gasteiger partial charge in [0, 0.05) is 25.7 Å². The predicted octanol–water partition coefficient (Wildman–Crippen LogP) is 25.5. The van der Waals surface area contributed by atoms with E-state index in [1.807, 2.05) is 0 Å². The normalized spacial score (nSPS) is 14.1. The summed E-state index contributed by atoms with van der Waals surface area (Å²) in [5, 5.41) is 10.7. The van der Waals surface area contributed by atoms with Crippen LogP contribution < -0.4 is 0 Å². The quantitative estimate of drug-likeness (QED) is 0.0222. The molecule has 0 aliphatic rings. The van der Waals surface area contributed by atoms with E-state index in [4.69, 9.17) is 37.0 Å². The molecule has 0 fully saturated rings. The van der Waals surface area contributed by atoms with Gasteiger partial charge in [0.15, 0.2) is 12.2 Å². The lowest BCUT2D eigenvalue weighted by Crippen LogP contribution is -2.30. The number of aliphatic hydroxyl groups is 1. The zero-order chi connectivity index (χ0) is 75.6. The zero-order valence-electron chi connectivity index (χ0n) is 67.6. The molecule has 0 aromatic rings. The van der Waals surface area contributed by atoms with Crippen LogP contribution in [0.25, 0.3) is 0 Å². The molecule has 0 amide bonds. The Morgan fingerprint density at radius 2 is 0.495 bits per heavy atom. The molecule has 0 heterocycles. The van der Waals surface area contributed by atoms with Crippen LogP contribution in [-0.2, 0) is 65.4 Å². The van der Waals surface area contributed by atoms with Gasteiger partial charge in [-0.3, -0.25) is 37.3 Å². The molecule has 6 atom stereocenters. The number of ether oxygens (including phenoxy) is 4. The number of hydrogen-bond donors (Lipinski definition) is 3. The van der Waals surface area contributed by atoms with Crippen molar-refractivity contribution in [3.8, 4) is 0 Å². The Balaban J connectivity index is 5.27. The summed E-state index contributed by atoms with van der Waals surface area (Å²) < 4.78 is 68.9. The molecule has 0 aromatic carbocycles. The molecule has 3 N–H and O–H groups in total. The molecule has 0 spiro atoms. The summed E-state index contributed by atoms with van der Waals surface area (Å²) in [5.41, 5.74) is 0. The highest BCUT2D eigenvalue weighted by atomic mass is 31.2. The lowest BCUT2D eigenvalue weighted by molar-refractivity contribution is -0.161. The fraction of sp³-hybridized carbons (Fsp3) is 0.952. The van der Waals surface area contributed by atoms with Gasteiger partial charge in [-0.25, -0.2) is 9.13 Å². The number of carbonyl (C=O) groups excluding carboxylic acids is 4. The largest absolute Gasteiger partial charge is 0.472 e. The SMILES string of the molecule is CCCCCCCCCCCCCCCCC(=O)O[C@H](COC(=O)CCCCCCCCCCCCCCC)COP(=O)(O)OC[C@H](O)COP(=O)(O)OC[C@@H](COC(=O)CCCCCCCCCCCCCCCCC(C)CC)OC(=O)CCCCCCCCCCCCCCCCCC(C)C. The molecule has 0 saturated carbocycles. The van der Waals surface area contributed by atoms with Gasteiger partial charge in [-0.05, 0) is 37.5 Å². The summed E-state index contributed by atoms with van der Waals surface area (Å²) in [4.78, 5) is 73.2. The van der Waals surface area contributed by atoms with Gasteiger partial charge in [0.25, 0.3) is 0 Å². The van der Waals surface area contributed by atoms with Crippen LogP contribution in [-0.4, -0.2) is 96.7 Å². The molecule has 0 radical (unpaired) electrons. The third kappa shape index (κ3) is 76.6. The van der Waals surface area contributed by atoms with Gasteiger partial charge in [-0.15, -0.1) is 0 Å². The fourth-order valence-corrected chi connectivity index (χ4v) is 14.6. The number of phosphoric ester groups is 2. The molecule has 103 heavy (non-hydrogen) atoms. The van der Waals surface area contributed by atoms with Gasteiger partial charge in [0.2, 0.25) is 0 Å². The smallest absolute Gasteiger partial charge is 0.462 e. The van der Waals surface area contributed by atoms with Crippen molar-refractivity contribution in [2.45, 2.75) is 464 Å². The van der Waals surface area contributed by atoms with Crippen molar-refractivity contribution in [2.24, 2.45) is 11.8 Å². The minimum atomic E-state index is -4.96. The number of aliphatic hydroxyl groups excluding tert-OH is 1. The summed E-state index contributed by atoms with van der Waals surface area (Å²) in [7, 11) is -9.93. The Hall–Kier alpha value is -1.94. The van der Waals surface area contributed by atoms with Crippen LogP contribution in [0.15, 0.2) is 0 Å². The van der Waals surface area contributed by atoms with Crippen molar-refractivity contribution in [1.29, 1.82) is 0 Å². The maximum Gasteiger partial charge on any atom is 0.472 e. The number of phosphoric acid groups is 2. The van der Waals surface area contributed by atoms with Gasteiger partial charge >= 0.3 is 39.5 Å². The van der Waals surface area contributed by atoms with Crippen molar-refractivity contribution < 1.29 is 80.2 Å². The second-order valence-electron chi connectivity index (χ2n) is 30.9. The van der Waals surface area contributed by atoms with Gasteiger partial charge in [-0.1, -0.05) is 395 Å². The Kier molecular flexibility index (Phi) is 74.1. The highest BCUT2D eigenvalue weighted by Gasteiger charge is 2.30. The van der Waals surface area contributed by atoms with Crippen molar-refractivity contribution in [3.63, 3.8) is 0 Å². The van der Waals surface area contributed by atoms with Gasteiger partial charge in [0.05, 0.1) is 26.4 Å². The Bertz CT molecular complexity index is 1980. The van der Waals surface area contributed by atoms with Crippen LogP contribution in [0, 0.1) is 11.8 Å². The van der Waals surface area contributed by atoms with Gasteiger partial charge < -0.3 is 33.8 Å². The van der Waals surface area contributed by atoms with E-state index in [0.29, 0.717) is 25.7 Å². The summed E-state index contributed by atoms with van der Waals surface area (Å²) >= 11 is 0. The molecular formula is C84H164O17P2. The molecule has 3 unspecified atom stereocenters. The first-order chi connectivity index (χ1) is 49.9. The monoisotopic (exact) mass is 1510 g/mol. The molecule has 19 heteroatoms. The number of hydrogen-bond acceptors (Lipinski definition) is 15. The first kappa shape index (κ1) is 101. The first-order valence-electron chi connectivity index (χ1n) is 43.5. The second-order valence-corrected chi connectivity index (χ2v) is 33.8. The Morgan fingerprint density at radius 3 is 0.738 bits per heavy atom. The van der Waals surface area contributed by atoms with Crippen molar-refractivity contribution >= 4 is 39.5 Å². The third-order valence-corrected chi connectivity index (χ3v) is 22.0. The first-order valence-corrected chi connectivity index (χ1v) is 46.5. The van der Waals surface area contributed by atoms with Crippen LogP contribution in [0.2, 0.25) is 0 Å². The van der Waals surface area contributed by atoms with Crippen molar-refractivity contribution in [2.75, 3.05) is 39.6 Å². The van der Waals surface area contributed by atoms with E-state index in [1.54, 1.807) is 0 Å². The lowest BCUT2D eigenvalue weighted by atomic mass is 9.99. The lowest BCUT2D eigenvalue weighted by Gasteiger charge is -2.21. The molecule has 0 saturated heterocycles. The van der Waals surface area contributed by atoms with E-state index in [2.05, 4.69) is 41.5 Å². The molecule has 612 valence electrons. The average Bonchev–Trinajstić information content (AvgIpc) is 0.907. The summed E-state index contributed by atoms with van der Waals surface area (Å²) in [5.74, 6) is -0.448. The van der Waals surface area contributed by atoms with E-state index in [1.165, 1.54) is 263 Å². The predicted molar refractivity (Wildman–Crippen MR) is 423 cm³/mol. The van der Waals surface area contributed by atoms with Crippen LogP contribution >= 0.6 is 15.6 Å². The Labute approximate surface area is 632 Å². The van der Waals surface area contributed by atoms with Gasteiger partial charge in [-0.2, -0.15) is 0 Å². The van der Waals surface area contributed by atoms with E-state index in [-0.39, 0.29) is 25.7 Å². The van der Waals surface area contributed by atoms with Gasteiger partial charge in [0.1, 0.15) is 19.3 Å². The minimum Gasteiger partial charge on any atom is -0.462 e. The molecule has 0 rings (SSSR count). The second kappa shape index (κ2) is 75.5.